The Kier molecular flexibility index (Phi) is 6.31. The van der Waals surface area contributed by atoms with Crippen molar-refractivity contribution >= 4 is 40.3 Å². The molecule has 29 heavy (non-hydrogen) atoms. The van der Waals surface area contributed by atoms with Crippen LogP contribution in [-0.4, -0.2) is 57.8 Å². The Hall–Kier alpha value is -2.35. The van der Waals surface area contributed by atoms with Crippen LogP contribution in [0.1, 0.15) is 38.7 Å². The minimum Gasteiger partial charge on any atom is -0.481 e. The predicted octanol–water partition coefficient (Wildman–Crippen LogP) is 2.96. The number of benzene rings is 1. The van der Waals surface area contributed by atoms with Gasteiger partial charge in [0.15, 0.2) is 0 Å². The van der Waals surface area contributed by atoms with Crippen molar-refractivity contribution in [3.8, 4) is 0 Å². The molecule has 156 valence electrons. The summed E-state index contributed by atoms with van der Waals surface area (Å²) in [6, 6.07) is 7.90. The van der Waals surface area contributed by atoms with Crippen LogP contribution in [0.4, 0.5) is 10.5 Å². The second kappa shape index (κ2) is 8.57. The molecule has 0 bridgehead atoms. The number of amides is 2. The maximum Gasteiger partial charge on any atom is 0.303 e. The number of carbonyl (C=O) groups excluding carboxylic acids is 3. The van der Waals surface area contributed by atoms with E-state index >= 15 is 0 Å². The van der Waals surface area contributed by atoms with E-state index in [2.05, 4.69) is 4.90 Å². The highest BCUT2D eigenvalue weighted by molar-refractivity contribution is 8.15. The number of nitrogens with zero attached hydrogens (tertiary/aromatic N) is 2. The Labute approximate surface area is 174 Å². The zero-order valence-corrected chi connectivity index (χ0v) is 17.5. The molecule has 3 rings (SSSR count). The Morgan fingerprint density at radius 2 is 1.76 bits per heavy atom. The van der Waals surface area contributed by atoms with Gasteiger partial charge < -0.3 is 10.0 Å². The van der Waals surface area contributed by atoms with Crippen molar-refractivity contribution in [3.63, 3.8) is 0 Å². The molecule has 1 N–H and O–H groups in total. The molecule has 0 radical (unpaired) electrons. The molecule has 7 nitrogen and oxygen atoms in total. The highest BCUT2D eigenvalue weighted by Gasteiger charge is 2.42. The Bertz CT molecular complexity index is 811. The molecule has 0 saturated carbocycles. The summed E-state index contributed by atoms with van der Waals surface area (Å²) in [4.78, 5) is 50.8. The van der Waals surface area contributed by atoms with Gasteiger partial charge >= 0.3 is 5.97 Å². The topological polar surface area (TPSA) is 95.0 Å². The normalized spacial score (nSPS) is 20.5. The number of carboxylic acids is 1. The van der Waals surface area contributed by atoms with Crippen molar-refractivity contribution in [3.05, 3.63) is 29.8 Å². The molecule has 2 aliphatic rings. The molecule has 2 heterocycles. The van der Waals surface area contributed by atoms with Gasteiger partial charge in [-0.2, -0.15) is 0 Å². The van der Waals surface area contributed by atoms with E-state index < -0.39 is 16.6 Å². The second-order valence-corrected chi connectivity index (χ2v) is 9.58. The average Bonchev–Trinajstić information content (AvgIpc) is 2.89. The molecule has 8 heteroatoms. The fourth-order valence-electron chi connectivity index (χ4n) is 3.74. The van der Waals surface area contributed by atoms with Crippen LogP contribution in [0, 0.1) is 5.41 Å². The van der Waals surface area contributed by atoms with Gasteiger partial charge in [-0.25, -0.2) is 0 Å². The molecule has 2 amide bonds. The smallest absolute Gasteiger partial charge is 0.303 e. The molecule has 2 saturated heterocycles. The van der Waals surface area contributed by atoms with E-state index in [1.54, 1.807) is 13.8 Å². The van der Waals surface area contributed by atoms with Gasteiger partial charge in [0.05, 0.1) is 11.7 Å². The van der Waals surface area contributed by atoms with E-state index in [0.717, 1.165) is 36.1 Å². The lowest BCUT2D eigenvalue weighted by Crippen LogP contribution is -2.40. The number of anilines is 1. The van der Waals surface area contributed by atoms with E-state index in [9.17, 15) is 19.2 Å². The molecule has 1 atom stereocenters. The summed E-state index contributed by atoms with van der Waals surface area (Å²) in [7, 11) is 0. The molecular weight excluding hydrogens is 392 g/mol. The van der Waals surface area contributed by atoms with Gasteiger partial charge in [0.2, 0.25) is 5.91 Å². The van der Waals surface area contributed by atoms with Crippen molar-refractivity contribution < 1.29 is 24.3 Å². The van der Waals surface area contributed by atoms with Crippen LogP contribution in [0.25, 0.3) is 0 Å². The van der Waals surface area contributed by atoms with Crippen molar-refractivity contribution in [2.24, 2.45) is 5.41 Å². The number of rotatable bonds is 7. The van der Waals surface area contributed by atoms with Gasteiger partial charge in [0, 0.05) is 38.2 Å². The van der Waals surface area contributed by atoms with E-state index in [-0.39, 0.29) is 24.1 Å². The number of aliphatic carboxylic acids is 1. The first-order valence-electron chi connectivity index (χ1n) is 9.74. The van der Waals surface area contributed by atoms with E-state index in [0.29, 0.717) is 25.0 Å². The number of ketones is 1. The first-order valence-corrected chi connectivity index (χ1v) is 10.6. The lowest BCUT2D eigenvalue weighted by molar-refractivity contribution is -0.140. The van der Waals surface area contributed by atoms with E-state index in [1.165, 1.54) is 4.90 Å². The van der Waals surface area contributed by atoms with Gasteiger partial charge in [0.1, 0.15) is 5.78 Å². The molecule has 2 aliphatic heterocycles. The highest BCUT2D eigenvalue weighted by Crippen LogP contribution is 2.33. The van der Waals surface area contributed by atoms with Gasteiger partial charge in [0.25, 0.3) is 5.24 Å². The van der Waals surface area contributed by atoms with Gasteiger partial charge in [-0.1, -0.05) is 37.7 Å². The highest BCUT2D eigenvalue weighted by atomic mass is 32.2. The van der Waals surface area contributed by atoms with Gasteiger partial charge in [-0.3, -0.25) is 24.1 Å². The lowest BCUT2D eigenvalue weighted by atomic mass is 9.88. The summed E-state index contributed by atoms with van der Waals surface area (Å²) in [6.45, 7) is 5.04. The molecule has 0 spiro atoms. The van der Waals surface area contributed by atoms with Crippen LogP contribution in [0.3, 0.4) is 0 Å². The fourth-order valence-corrected chi connectivity index (χ4v) is 4.76. The third kappa shape index (κ3) is 5.38. The number of carbonyl (C=O) groups is 4. The molecular formula is C21H26N2O5S. The number of hydrogen-bond donors (Lipinski definition) is 1. The summed E-state index contributed by atoms with van der Waals surface area (Å²) >= 11 is 1.01. The number of carboxylic acid groups (broad SMARTS) is 1. The number of hydrogen-bond acceptors (Lipinski definition) is 6. The van der Waals surface area contributed by atoms with Gasteiger partial charge in [-0.05, 0) is 29.5 Å². The summed E-state index contributed by atoms with van der Waals surface area (Å²) in [5.41, 5.74) is 1.34. The maximum absolute atomic E-state index is 12.7. The molecule has 0 aliphatic carbocycles. The van der Waals surface area contributed by atoms with Crippen LogP contribution in [-0.2, 0) is 20.8 Å². The van der Waals surface area contributed by atoms with E-state index in [4.69, 9.17) is 5.11 Å². The monoisotopic (exact) mass is 418 g/mol. The Balaban J connectivity index is 1.60. The molecule has 1 aromatic carbocycles. The second-order valence-electron chi connectivity index (χ2n) is 8.43. The first-order chi connectivity index (χ1) is 13.6. The van der Waals surface area contributed by atoms with E-state index in [1.807, 2.05) is 24.3 Å². The summed E-state index contributed by atoms with van der Waals surface area (Å²) < 4.78 is 0. The third-order valence-electron chi connectivity index (χ3n) is 5.26. The zero-order chi connectivity index (χ0) is 21.2. The molecule has 1 aromatic rings. The van der Waals surface area contributed by atoms with Crippen molar-refractivity contribution in [1.29, 1.82) is 0 Å². The average molecular weight is 419 g/mol. The van der Waals surface area contributed by atoms with Crippen molar-refractivity contribution in [1.82, 2.24) is 4.90 Å². The first kappa shape index (κ1) is 21.4. The Morgan fingerprint density at radius 1 is 1.14 bits per heavy atom. The molecule has 2 fully saturated rings. The third-order valence-corrected chi connectivity index (χ3v) is 6.34. The summed E-state index contributed by atoms with van der Waals surface area (Å²) in [6.07, 6.45) is 1.49. The minimum absolute atomic E-state index is 0.104. The number of piperidine rings is 1. The van der Waals surface area contributed by atoms with Crippen molar-refractivity contribution in [2.75, 3.05) is 24.5 Å². The van der Waals surface area contributed by atoms with Crippen LogP contribution in [0.2, 0.25) is 0 Å². The van der Waals surface area contributed by atoms with Crippen LogP contribution < -0.4 is 4.90 Å². The Morgan fingerprint density at radius 3 is 2.34 bits per heavy atom. The SMILES string of the molecule is CC(C)(CC(=O)O)CN1C(=O)SC(Cc2ccc(N3CCC(=O)CC3)cc2)C1=O. The predicted molar refractivity (Wildman–Crippen MR) is 111 cm³/mol. The standard InChI is InChI=1S/C21H26N2O5S/c1-21(2,12-18(25)26)13-23-19(27)17(29-20(23)28)11-14-3-5-15(6-4-14)22-9-7-16(24)8-10-22/h3-6,17H,7-13H2,1-2H3,(H,25,26). The van der Waals surface area contributed by atoms with Crippen molar-refractivity contribution in [2.45, 2.75) is 44.8 Å². The maximum atomic E-state index is 12.7. The quantitative estimate of drug-likeness (QED) is 0.727. The molecule has 1 unspecified atom stereocenters. The fraction of sp³-hybridized carbons (Fsp3) is 0.524. The summed E-state index contributed by atoms with van der Waals surface area (Å²) in [5, 5.41) is 8.22. The number of Topliss-reactive ketones (excluding diaryl/α,β-unsaturated/α-hetero) is 1. The molecule has 0 aromatic heterocycles. The summed E-state index contributed by atoms with van der Waals surface area (Å²) in [5.74, 6) is -0.899. The number of thioether (sulfide) groups is 1. The van der Waals surface area contributed by atoms with Crippen LogP contribution in [0.5, 0.6) is 0 Å². The lowest BCUT2D eigenvalue weighted by Gasteiger charge is -2.28. The zero-order valence-electron chi connectivity index (χ0n) is 16.7. The number of imide groups is 1. The van der Waals surface area contributed by atoms with Crippen LogP contribution in [0.15, 0.2) is 24.3 Å². The minimum atomic E-state index is -0.948. The van der Waals surface area contributed by atoms with Gasteiger partial charge in [-0.15, -0.1) is 0 Å². The van der Waals surface area contributed by atoms with Crippen LogP contribution >= 0.6 is 11.8 Å². The largest absolute Gasteiger partial charge is 0.481 e.